The number of carbonyl (C=O) groups excluding carboxylic acids is 2. The van der Waals surface area contributed by atoms with Crippen LogP contribution in [-0.4, -0.2) is 46.5 Å². The Balaban J connectivity index is 2.05. The first-order valence-corrected chi connectivity index (χ1v) is 9.22. The van der Waals surface area contributed by atoms with Crippen LogP contribution in [0.25, 0.3) is 0 Å². The zero-order chi connectivity index (χ0) is 15.4. The predicted molar refractivity (Wildman–Crippen MR) is 88.4 cm³/mol. The second kappa shape index (κ2) is 7.31. The molecule has 2 heterocycles. The molecule has 1 aromatic rings. The molecule has 6 heteroatoms. The molecule has 0 unspecified atom stereocenters. The lowest BCUT2D eigenvalue weighted by atomic mass is 10.2. The zero-order valence-electron chi connectivity index (χ0n) is 12.7. The highest BCUT2D eigenvalue weighted by Gasteiger charge is 2.38. The van der Waals surface area contributed by atoms with E-state index in [1.807, 2.05) is 36.0 Å². The maximum absolute atomic E-state index is 12.4. The summed E-state index contributed by atoms with van der Waals surface area (Å²) in [6, 6.07) is 2.08. The topological polar surface area (TPSA) is 40.6 Å². The van der Waals surface area contributed by atoms with Crippen molar-refractivity contribution in [2.24, 2.45) is 0 Å². The summed E-state index contributed by atoms with van der Waals surface area (Å²) >= 11 is 3.34. The van der Waals surface area contributed by atoms with Crippen molar-refractivity contribution in [2.45, 2.75) is 37.8 Å². The number of thioether (sulfide) groups is 1. The Hall–Kier alpha value is -1.01. The second-order valence-electron chi connectivity index (χ2n) is 5.05. The quantitative estimate of drug-likeness (QED) is 0.807. The summed E-state index contributed by atoms with van der Waals surface area (Å²) < 4.78 is 0. The van der Waals surface area contributed by atoms with Gasteiger partial charge in [0.25, 0.3) is 0 Å². The third kappa shape index (κ3) is 3.61. The first-order valence-electron chi connectivity index (χ1n) is 7.34. The van der Waals surface area contributed by atoms with E-state index >= 15 is 0 Å². The van der Waals surface area contributed by atoms with Gasteiger partial charge in [0.1, 0.15) is 5.37 Å². The van der Waals surface area contributed by atoms with Crippen LogP contribution in [0.2, 0.25) is 0 Å². The number of nitrogens with zero attached hydrogens (tertiary/aromatic N) is 2. The molecule has 2 rings (SSSR count). The normalized spacial score (nSPS) is 21.9. The molecule has 1 fully saturated rings. The van der Waals surface area contributed by atoms with Crippen LogP contribution in [0.3, 0.4) is 0 Å². The molecule has 116 valence electrons. The zero-order valence-corrected chi connectivity index (χ0v) is 14.4. The van der Waals surface area contributed by atoms with E-state index in [1.165, 1.54) is 5.56 Å². The predicted octanol–water partition coefficient (Wildman–Crippen LogP) is 2.97. The molecule has 0 N–H and O–H groups in total. The molecule has 0 aliphatic carbocycles. The van der Waals surface area contributed by atoms with Gasteiger partial charge in [0.15, 0.2) is 0 Å². The van der Waals surface area contributed by atoms with Gasteiger partial charge in [0, 0.05) is 26.1 Å². The van der Waals surface area contributed by atoms with Crippen molar-refractivity contribution in [1.29, 1.82) is 0 Å². The third-order valence-corrected chi connectivity index (χ3v) is 5.82. The van der Waals surface area contributed by atoms with Gasteiger partial charge in [-0.05, 0) is 36.2 Å². The molecule has 1 aliphatic heterocycles. The van der Waals surface area contributed by atoms with E-state index in [-0.39, 0.29) is 22.4 Å². The van der Waals surface area contributed by atoms with Gasteiger partial charge in [-0.1, -0.05) is 6.92 Å². The number of carbonyl (C=O) groups is 2. The number of rotatable bonds is 6. The lowest BCUT2D eigenvalue weighted by Crippen LogP contribution is -2.40. The molecule has 1 aromatic heterocycles. The standard InChI is InChI=1S/C15H22N2O2S2/c1-4-13(18)16(5-2)7-8-17-14(19)11(3)21-15(17)12-6-9-20-10-12/h6,9-11,15H,4-5,7-8H2,1-3H3/t11-,15+/m1/s1. The Morgan fingerprint density at radius 1 is 1.43 bits per heavy atom. The molecule has 0 bridgehead atoms. The Labute approximate surface area is 134 Å². The molecule has 1 saturated heterocycles. The average molecular weight is 326 g/mol. The van der Waals surface area contributed by atoms with Crippen LogP contribution in [-0.2, 0) is 9.59 Å². The SMILES string of the molecule is CCC(=O)N(CC)CCN1C(=O)[C@@H](C)S[C@H]1c1ccsc1. The van der Waals surface area contributed by atoms with Crippen LogP contribution in [0.1, 0.15) is 38.1 Å². The summed E-state index contributed by atoms with van der Waals surface area (Å²) in [6.07, 6.45) is 0.515. The fourth-order valence-electron chi connectivity index (χ4n) is 2.49. The van der Waals surface area contributed by atoms with Gasteiger partial charge in [-0.2, -0.15) is 11.3 Å². The van der Waals surface area contributed by atoms with Gasteiger partial charge in [-0.25, -0.2) is 0 Å². The van der Waals surface area contributed by atoms with Crippen molar-refractivity contribution >= 4 is 34.9 Å². The summed E-state index contributed by atoms with van der Waals surface area (Å²) in [7, 11) is 0. The number of amides is 2. The number of hydrogen-bond acceptors (Lipinski definition) is 4. The Morgan fingerprint density at radius 3 is 2.76 bits per heavy atom. The molecule has 0 aromatic carbocycles. The summed E-state index contributed by atoms with van der Waals surface area (Å²) in [4.78, 5) is 27.9. The first-order chi connectivity index (χ1) is 10.1. The number of likely N-dealkylation sites (N-methyl/N-ethyl adjacent to an activating group) is 1. The number of hydrogen-bond donors (Lipinski definition) is 0. The highest BCUT2D eigenvalue weighted by atomic mass is 32.2. The molecule has 0 radical (unpaired) electrons. The lowest BCUT2D eigenvalue weighted by molar-refractivity contribution is -0.134. The van der Waals surface area contributed by atoms with Crippen LogP contribution < -0.4 is 0 Å². The van der Waals surface area contributed by atoms with Crippen molar-refractivity contribution < 1.29 is 9.59 Å². The summed E-state index contributed by atoms with van der Waals surface area (Å²) in [5.41, 5.74) is 1.19. The molecular formula is C15H22N2O2S2. The van der Waals surface area contributed by atoms with Crippen LogP contribution in [0.4, 0.5) is 0 Å². The largest absolute Gasteiger partial charge is 0.341 e. The van der Waals surface area contributed by atoms with Crippen LogP contribution >= 0.6 is 23.1 Å². The Morgan fingerprint density at radius 2 is 2.19 bits per heavy atom. The Kier molecular flexibility index (Phi) is 5.70. The third-order valence-electron chi connectivity index (χ3n) is 3.72. The lowest BCUT2D eigenvalue weighted by Gasteiger charge is -2.27. The van der Waals surface area contributed by atoms with E-state index in [0.29, 0.717) is 26.1 Å². The minimum atomic E-state index is -0.00754. The van der Waals surface area contributed by atoms with Crippen molar-refractivity contribution in [1.82, 2.24) is 9.80 Å². The van der Waals surface area contributed by atoms with Crippen LogP contribution in [0.5, 0.6) is 0 Å². The van der Waals surface area contributed by atoms with E-state index in [9.17, 15) is 9.59 Å². The molecule has 0 saturated carbocycles. The van der Waals surface area contributed by atoms with Crippen molar-refractivity contribution in [3.8, 4) is 0 Å². The van der Waals surface area contributed by atoms with Crippen LogP contribution in [0, 0.1) is 0 Å². The second-order valence-corrected chi connectivity index (χ2v) is 7.25. The van der Waals surface area contributed by atoms with Gasteiger partial charge in [0.05, 0.1) is 5.25 Å². The summed E-state index contributed by atoms with van der Waals surface area (Å²) in [5.74, 6) is 0.327. The minimum Gasteiger partial charge on any atom is -0.341 e. The van der Waals surface area contributed by atoms with Crippen LogP contribution in [0.15, 0.2) is 16.8 Å². The van der Waals surface area contributed by atoms with Gasteiger partial charge in [-0.3, -0.25) is 9.59 Å². The van der Waals surface area contributed by atoms with Crippen molar-refractivity contribution in [3.63, 3.8) is 0 Å². The first kappa shape index (κ1) is 16.4. The summed E-state index contributed by atoms with van der Waals surface area (Å²) in [5, 5.41) is 4.23. The van der Waals surface area contributed by atoms with E-state index < -0.39 is 0 Å². The Bertz CT molecular complexity index is 490. The van der Waals surface area contributed by atoms with Gasteiger partial charge >= 0.3 is 0 Å². The smallest absolute Gasteiger partial charge is 0.236 e. The maximum atomic E-state index is 12.4. The van der Waals surface area contributed by atoms with E-state index in [4.69, 9.17) is 0 Å². The van der Waals surface area contributed by atoms with Gasteiger partial charge in [0.2, 0.25) is 11.8 Å². The van der Waals surface area contributed by atoms with Crippen molar-refractivity contribution in [2.75, 3.05) is 19.6 Å². The van der Waals surface area contributed by atoms with E-state index in [2.05, 4.69) is 11.4 Å². The maximum Gasteiger partial charge on any atom is 0.236 e. The molecule has 21 heavy (non-hydrogen) atoms. The van der Waals surface area contributed by atoms with Gasteiger partial charge < -0.3 is 9.80 Å². The monoisotopic (exact) mass is 326 g/mol. The minimum absolute atomic E-state index is 0.00754. The molecule has 2 amide bonds. The number of thiophene rings is 1. The molecule has 1 aliphatic rings. The molecule has 4 nitrogen and oxygen atoms in total. The average Bonchev–Trinajstić information content (AvgIpc) is 3.10. The fraction of sp³-hybridized carbons (Fsp3) is 0.600. The molecule has 2 atom stereocenters. The molecular weight excluding hydrogens is 304 g/mol. The fourth-order valence-corrected chi connectivity index (χ4v) is 4.55. The molecule has 0 spiro atoms. The highest BCUT2D eigenvalue weighted by molar-refractivity contribution is 8.01. The van der Waals surface area contributed by atoms with E-state index in [0.717, 1.165) is 0 Å². The van der Waals surface area contributed by atoms with Gasteiger partial charge in [-0.15, -0.1) is 11.8 Å². The van der Waals surface area contributed by atoms with Crippen molar-refractivity contribution in [3.05, 3.63) is 22.4 Å². The highest BCUT2D eigenvalue weighted by Crippen LogP contribution is 2.43. The van der Waals surface area contributed by atoms with E-state index in [1.54, 1.807) is 23.1 Å². The summed E-state index contributed by atoms with van der Waals surface area (Å²) in [6.45, 7) is 7.73.